The highest BCUT2D eigenvalue weighted by molar-refractivity contribution is 8.18. The van der Waals surface area contributed by atoms with E-state index in [4.69, 9.17) is 4.74 Å². The van der Waals surface area contributed by atoms with Crippen molar-refractivity contribution >= 4 is 39.8 Å². The van der Waals surface area contributed by atoms with Crippen LogP contribution in [0, 0.1) is 0 Å². The van der Waals surface area contributed by atoms with Gasteiger partial charge in [0.2, 0.25) is 0 Å². The Labute approximate surface area is 119 Å². The molecule has 20 heavy (non-hydrogen) atoms. The molecule has 2 aromatic rings. The van der Waals surface area contributed by atoms with Crippen molar-refractivity contribution in [1.82, 2.24) is 5.32 Å². The summed E-state index contributed by atoms with van der Waals surface area (Å²) in [5.74, 6) is 0.305. The first-order valence-electron chi connectivity index (χ1n) is 5.99. The van der Waals surface area contributed by atoms with Crippen molar-refractivity contribution in [3.05, 3.63) is 46.9 Å². The summed E-state index contributed by atoms with van der Waals surface area (Å²) in [6.45, 7) is 0. The Morgan fingerprint density at radius 3 is 2.65 bits per heavy atom. The van der Waals surface area contributed by atoms with Gasteiger partial charge in [-0.2, -0.15) is 0 Å². The number of ether oxygens (including phenoxy) is 1. The number of imide groups is 1. The average Bonchev–Trinajstić information content (AvgIpc) is 2.77. The van der Waals surface area contributed by atoms with Gasteiger partial charge in [-0.25, -0.2) is 0 Å². The summed E-state index contributed by atoms with van der Waals surface area (Å²) in [5, 5.41) is 3.93. The molecule has 0 bridgehead atoms. The summed E-state index contributed by atoms with van der Waals surface area (Å²) in [6, 6.07) is 11.6. The van der Waals surface area contributed by atoms with Gasteiger partial charge in [0.15, 0.2) is 0 Å². The lowest BCUT2D eigenvalue weighted by Gasteiger charge is -2.09. The molecule has 2 aromatic carbocycles. The van der Waals surface area contributed by atoms with Gasteiger partial charge < -0.3 is 4.74 Å². The lowest BCUT2D eigenvalue weighted by Crippen LogP contribution is -2.17. The third kappa shape index (κ3) is 2.16. The Morgan fingerprint density at radius 1 is 1.15 bits per heavy atom. The fourth-order valence-corrected chi connectivity index (χ4v) is 2.82. The third-order valence-corrected chi connectivity index (χ3v) is 3.88. The fourth-order valence-electron chi connectivity index (χ4n) is 2.15. The van der Waals surface area contributed by atoms with Crippen LogP contribution in [0.25, 0.3) is 16.8 Å². The van der Waals surface area contributed by atoms with Crippen LogP contribution in [-0.4, -0.2) is 18.3 Å². The topological polar surface area (TPSA) is 55.4 Å². The summed E-state index contributed by atoms with van der Waals surface area (Å²) in [6.07, 6.45) is 1.70. The number of nitrogens with one attached hydrogen (secondary N) is 1. The first kappa shape index (κ1) is 12.7. The minimum atomic E-state index is -0.366. The molecule has 100 valence electrons. The summed E-state index contributed by atoms with van der Waals surface area (Å²) >= 11 is 0.902. The number of rotatable bonds is 2. The predicted octanol–water partition coefficient (Wildman–Crippen LogP) is 3.17. The second kappa shape index (κ2) is 5.02. The molecule has 0 atom stereocenters. The van der Waals surface area contributed by atoms with Crippen LogP contribution in [0.15, 0.2) is 41.3 Å². The predicted molar refractivity (Wildman–Crippen MR) is 79.6 cm³/mol. The maximum Gasteiger partial charge on any atom is 0.290 e. The van der Waals surface area contributed by atoms with E-state index in [0.717, 1.165) is 28.1 Å². The molecule has 0 aliphatic carbocycles. The number of thioether (sulfide) groups is 1. The van der Waals surface area contributed by atoms with Gasteiger partial charge in [-0.1, -0.05) is 30.3 Å². The minimum absolute atomic E-state index is 0.347. The van der Waals surface area contributed by atoms with E-state index in [1.165, 1.54) is 0 Å². The quantitative estimate of drug-likeness (QED) is 0.861. The van der Waals surface area contributed by atoms with Crippen molar-refractivity contribution in [2.24, 2.45) is 0 Å². The molecule has 0 spiro atoms. The molecule has 5 heteroatoms. The zero-order valence-corrected chi connectivity index (χ0v) is 11.5. The molecule has 0 saturated carbocycles. The highest BCUT2D eigenvalue weighted by Crippen LogP contribution is 2.33. The van der Waals surface area contributed by atoms with E-state index in [1.54, 1.807) is 13.2 Å². The Hall–Kier alpha value is -2.27. The van der Waals surface area contributed by atoms with Crippen LogP contribution in [0.2, 0.25) is 0 Å². The first-order valence-corrected chi connectivity index (χ1v) is 6.81. The van der Waals surface area contributed by atoms with E-state index in [2.05, 4.69) is 5.32 Å². The molecule has 0 radical (unpaired) electrons. The lowest BCUT2D eigenvalue weighted by atomic mass is 10.0. The molecule has 1 saturated heterocycles. The van der Waals surface area contributed by atoms with Gasteiger partial charge >= 0.3 is 0 Å². The van der Waals surface area contributed by atoms with E-state index in [0.29, 0.717) is 10.7 Å². The molecular formula is C15H11NO3S. The highest BCUT2D eigenvalue weighted by atomic mass is 32.2. The molecule has 1 fully saturated rings. The standard InChI is InChI=1S/C15H11NO3S/c1-19-12-7-6-9-4-2-3-5-10(9)11(12)8-13-14(17)16-15(18)20-13/h2-8H,1H3,(H,16,17,18). The van der Waals surface area contributed by atoms with E-state index >= 15 is 0 Å². The second-order valence-electron chi connectivity index (χ2n) is 4.25. The van der Waals surface area contributed by atoms with Crippen molar-refractivity contribution < 1.29 is 14.3 Å². The van der Waals surface area contributed by atoms with Gasteiger partial charge in [0, 0.05) is 5.56 Å². The Bertz CT molecular complexity index is 752. The van der Waals surface area contributed by atoms with Gasteiger partial charge in [0.1, 0.15) is 5.75 Å². The van der Waals surface area contributed by atoms with Gasteiger partial charge in [0.05, 0.1) is 12.0 Å². The van der Waals surface area contributed by atoms with Gasteiger partial charge in [-0.3, -0.25) is 14.9 Å². The van der Waals surface area contributed by atoms with E-state index in [-0.39, 0.29) is 11.1 Å². The van der Waals surface area contributed by atoms with Gasteiger partial charge in [-0.05, 0) is 34.7 Å². The molecule has 1 aliphatic heterocycles. The Kier molecular flexibility index (Phi) is 3.20. The number of carbonyl (C=O) groups is 2. The van der Waals surface area contributed by atoms with Crippen LogP contribution in [-0.2, 0) is 4.79 Å². The van der Waals surface area contributed by atoms with E-state index in [9.17, 15) is 9.59 Å². The van der Waals surface area contributed by atoms with Crippen molar-refractivity contribution in [3.8, 4) is 5.75 Å². The average molecular weight is 285 g/mol. The van der Waals surface area contributed by atoms with E-state index < -0.39 is 0 Å². The van der Waals surface area contributed by atoms with Crippen molar-refractivity contribution in [2.75, 3.05) is 7.11 Å². The lowest BCUT2D eigenvalue weighted by molar-refractivity contribution is -0.115. The molecule has 0 aromatic heterocycles. The first-order chi connectivity index (χ1) is 9.69. The van der Waals surface area contributed by atoms with Crippen LogP contribution in [0.4, 0.5) is 4.79 Å². The largest absolute Gasteiger partial charge is 0.496 e. The second-order valence-corrected chi connectivity index (χ2v) is 5.27. The maximum atomic E-state index is 11.7. The number of benzene rings is 2. The summed E-state index contributed by atoms with van der Waals surface area (Å²) < 4.78 is 5.36. The Morgan fingerprint density at radius 2 is 1.95 bits per heavy atom. The molecule has 1 aliphatic rings. The number of methoxy groups -OCH3 is 1. The summed E-state index contributed by atoms with van der Waals surface area (Å²) in [4.78, 5) is 23.3. The highest BCUT2D eigenvalue weighted by Gasteiger charge is 2.25. The van der Waals surface area contributed by atoms with Gasteiger partial charge in [-0.15, -0.1) is 0 Å². The molecule has 4 nitrogen and oxygen atoms in total. The van der Waals surface area contributed by atoms with Crippen LogP contribution >= 0.6 is 11.8 Å². The SMILES string of the molecule is COc1ccc2ccccc2c1C=C1SC(=O)NC1=O. The third-order valence-electron chi connectivity index (χ3n) is 3.07. The fraction of sp³-hybridized carbons (Fsp3) is 0.0667. The number of carbonyl (C=O) groups excluding carboxylic acids is 2. The van der Waals surface area contributed by atoms with Crippen molar-refractivity contribution in [3.63, 3.8) is 0 Å². The maximum absolute atomic E-state index is 11.7. The molecule has 1 heterocycles. The summed E-state index contributed by atoms with van der Waals surface area (Å²) in [7, 11) is 1.58. The minimum Gasteiger partial charge on any atom is -0.496 e. The van der Waals surface area contributed by atoms with Crippen molar-refractivity contribution in [1.29, 1.82) is 0 Å². The Balaban J connectivity index is 2.21. The molecule has 2 amide bonds. The van der Waals surface area contributed by atoms with Gasteiger partial charge in [0.25, 0.3) is 11.1 Å². The van der Waals surface area contributed by atoms with Crippen LogP contribution in [0.3, 0.4) is 0 Å². The zero-order valence-electron chi connectivity index (χ0n) is 10.7. The number of hydrogen-bond donors (Lipinski definition) is 1. The van der Waals surface area contributed by atoms with E-state index in [1.807, 2.05) is 36.4 Å². The summed E-state index contributed by atoms with van der Waals surface area (Å²) in [5.41, 5.74) is 0.804. The monoisotopic (exact) mass is 285 g/mol. The van der Waals surface area contributed by atoms with Crippen molar-refractivity contribution in [2.45, 2.75) is 0 Å². The molecule has 1 N–H and O–H groups in total. The normalized spacial score (nSPS) is 16.8. The number of fused-ring (bicyclic) bond motifs is 1. The molecule has 3 rings (SSSR count). The number of hydrogen-bond acceptors (Lipinski definition) is 4. The van der Waals surface area contributed by atoms with Crippen LogP contribution in [0.5, 0.6) is 5.75 Å². The molecule has 0 unspecified atom stereocenters. The van der Waals surface area contributed by atoms with Crippen LogP contribution in [0.1, 0.15) is 5.56 Å². The van der Waals surface area contributed by atoms with Crippen LogP contribution < -0.4 is 10.1 Å². The zero-order chi connectivity index (χ0) is 14.1. The number of amides is 2. The smallest absolute Gasteiger partial charge is 0.290 e. The molecular weight excluding hydrogens is 274 g/mol.